The second kappa shape index (κ2) is 3.54. The Kier molecular flexibility index (Phi) is 2.22. The third-order valence-electron chi connectivity index (χ3n) is 2.03. The first-order valence-corrected chi connectivity index (χ1v) is 4.60. The van der Waals surface area contributed by atoms with Crippen LogP contribution in [0.2, 0.25) is 0 Å². The first kappa shape index (κ1) is 9.41. The van der Waals surface area contributed by atoms with Crippen LogP contribution in [0.3, 0.4) is 0 Å². The van der Waals surface area contributed by atoms with E-state index in [1.807, 2.05) is 26.1 Å². The predicted octanol–water partition coefficient (Wildman–Crippen LogP) is 1.76. The molecule has 0 aliphatic heterocycles. The minimum absolute atomic E-state index is 0.602. The zero-order valence-electron chi connectivity index (χ0n) is 8.60. The molecule has 4 heteroatoms. The van der Waals surface area contributed by atoms with Crippen LogP contribution in [-0.4, -0.2) is 14.8 Å². The summed E-state index contributed by atoms with van der Waals surface area (Å²) in [6, 6.07) is 7.47. The van der Waals surface area contributed by atoms with Gasteiger partial charge < -0.3 is 0 Å². The highest BCUT2D eigenvalue weighted by Gasteiger charge is 2.02. The Hall–Kier alpha value is -2.15. The summed E-state index contributed by atoms with van der Waals surface area (Å²) in [7, 11) is 0. The topological polar surface area (TPSA) is 54.5 Å². The molecule has 74 valence electrons. The van der Waals surface area contributed by atoms with Gasteiger partial charge in [0.2, 0.25) is 0 Å². The molecule has 0 saturated heterocycles. The van der Waals surface area contributed by atoms with Gasteiger partial charge in [0.05, 0.1) is 17.3 Å². The van der Waals surface area contributed by atoms with E-state index in [0.717, 1.165) is 11.4 Å². The molecular weight excluding hydrogens is 188 g/mol. The highest BCUT2D eigenvalue weighted by Crippen LogP contribution is 2.09. The van der Waals surface area contributed by atoms with Gasteiger partial charge >= 0.3 is 0 Å². The van der Waals surface area contributed by atoms with Gasteiger partial charge in [0.15, 0.2) is 5.82 Å². The number of pyridine rings is 1. The molecule has 2 aromatic rings. The molecular formula is C11H10N4. The first-order valence-electron chi connectivity index (χ1n) is 4.60. The van der Waals surface area contributed by atoms with Gasteiger partial charge in [-0.05, 0) is 26.0 Å². The van der Waals surface area contributed by atoms with Crippen molar-refractivity contribution in [2.24, 2.45) is 0 Å². The van der Waals surface area contributed by atoms with Gasteiger partial charge in [-0.2, -0.15) is 10.4 Å². The van der Waals surface area contributed by atoms with Crippen molar-refractivity contribution >= 4 is 0 Å². The molecule has 0 saturated carbocycles. The van der Waals surface area contributed by atoms with E-state index in [1.165, 1.54) is 0 Å². The van der Waals surface area contributed by atoms with Crippen LogP contribution in [0.1, 0.15) is 17.0 Å². The SMILES string of the molecule is Cc1cc(C#N)cc(-n2ccc(C)n2)n1. The predicted molar refractivity (Wildman–Crippen MR) is 55.5 cm³/mol. The van der Waals surface area contributed by atoms with Crippen LogP contribution in [0.25, 0.3) is 5.82 Å². The van der Waals surface area contributed by atoms with E-state index >= 15 is 0 Å². The van der Waals surface area contributed by atoms with Crippen LogP contribution >= 0.6 is 0 Å². The van der Waals surface area contributed by atoms with E-state index in [9.17, 15) is 0 Å². The van der Waals surface area contributed by atoms with Crippen molar-refractivity contribution in [3.05, 3.63) is 41.3 Å². The van der Waals surface area contributed by atoms with Crippen molar-refractivity contribution in [3.8, 4) is 11.9 Å². The molecule has 2 rings (SSSR count). The van der Waals surface area contributed by atoms with Gasteiger partial charge in [-0.25, -0.2) is 9.67 Å². The second-order valence-corrected chi connectivity index (χ2v) is 3.37. The number of rotatable bonds is 1. The van der Waals surface area contributed by atoms with Crippen molar-refractivity contribution in [1.29, 1.82) is 5.26 Å². The fraction of sp³-hybridized carbons (Fsp3) is 0.182. The normalized spacial score (nSPS) is 9.93. The van der Waals surface area contributed by atoms with Gasteiger partial charge in [-0.15, -0.1) is 0 Å². The van der Waals surface area contributed by atoms with E-state index < -0.39 is 0 Å². The Balaban J connectivity index is 2.54. The van der Waals surface area contributed by atoms with Crippen LogP contribution in [0.5, 0.6) is 0 Å². The number of nitrogens with zero attached hydrogens (tertiary/aromatic N) is 4. The molecule has 0 spiro atoms. The highest BCUT2D eigenvalue weighted by molar-refractivity contribution is 5.37. The minimum Gasteiger partial charge on any atom is -0.234 e. The van der Waals surface area contributed by atoms with E-state index in [1.54, 1.807) is 16.8 Å². The summed E-state index contributed by atoms with van der Waals surface area (Å²) >= 11 is 0. The Labute approximate surface area is 87.8 Å². The lowest BCUT2D eigenvalue weighted by Crippen LogP contribution is -2.00. The van der Waals surface area contributed by atoms with Crippen molar-refractivity contribution in [2.75, 3.05) is 0 Å². The van der Waals surface area contributed by atoms with Gasteiger partial charge in [0.25, 0.3) is 0 Å². The molecule has 0 radical (unpaired) electrons. The Bertz CT molecular complexity index is 534. The van der Waals surface area contributed by atoms with Crippen LogP contribution in [0, 0.1) is 25.2 Å². The summed E-state index contributed by atoms with van der Waals surface area (Å²) in [6.07, 6.45) is 1.83. The fourth-order valence-electron chi connectivity index (χ4n) is 1.38. The van der Waals surface area contributed by atoms with Crippen LogP contribution < -0.4 is 0 Å². The highest BCUT2D eigenvalue weighted by atomic mass is 15.3. The standard InChI is InChI=1S/C11H10N4/c1-8-3-4-15(14-8)11-6-10(7-12)5-9(2)13-11/h3-6H,1-2H3. The molecule has 0 amide bonds. The Morgan fingerprint density at radius 1 is 1.27 bits per heavy atom. The van der Waals surface area contributed by atoms with Crippen molar-refractivity contribution in [3.63, 3.8) is 0 Å². The fourth-order valence-corrected chi connectivity index (χ4v) is 1.38. The van der Waals surface area contributed by atoms with E-state index in [0.29, 0.717) is 11.4 Å². The van der Waals surface area contributed by atoms with Gasteiger partial charge in [-0.3, -0.25) is 0 Å². The third kappa shape index (κ3) is 1.86. The summed E-state index contributed by atoms with van der Waals surface area (Å²) in [6.45, 7) is 3.78. The molecule has 0 N–H and O–H groups in total. The number of aromatic nitrogens is 3. The van der Waals surface area contributed by atoms with Gasteiger partial charge in [0.1, 0.15) is 0 Å². The molecule has 0 fully saturated rings. The van der Waals surface area contributed by atoms with Crippen LogP contribution in [-0.2, 0) is 0 Å². The smallest absolute Gasteiger partial charge is 0.154 e. The summed E-state index contributed by atoms with van der Waals surface area (Å²) in [5.74, 6) is 0.680. The molecule has 4 nitrogen and oxygen atoms in total. The Morgan fingerprint density at radius 3 is 2.67 bits per heavy atom. The average Bonchev–Trinajstić information content (AvgIpc) is 2.64. The zero-order chi connectivity index (χ0) is 10.8. The summed E-state index contributed by atoms with van der Waals surface area (Å²) in [4.78, 5) is 4.31. The van der Waals surface area contributed by atoms with E-state index in [4.69, 9.17) is 5.26 Å². The number of hydrogen-bond acceptors (Lipinski definition) is 3. The van der Waals surface area contributed by atoms with Crippen LogP contribution in [0.15, 0.2) is 24.4 Å². The first-order chi connectivity index (χ1) is 7.19. The molecule has 15 heavy (non-hydrogen) atoms. The number of nitriles is 1. The molecule has 0 atom stereocenters. The minimum atomic E-state index is 0.602. The molecule has 0 bridgehead atoms. The third-order valence-corrected chi connectivity index (χ3v) is 2.03. The molecule has 0 aliphatic rings. The number of aryl methyl sites for hydroxylation is 2. The number of hydrogen-bond donors (Lipinski definition) is 0. The molecule has 2 heterocycles. The van der Waals surface area contributed by atoms with Gasteiger partial charge in [-0.1, -0.05) is 0 Å². The molecule has 0 aliphatic carbocycles. The maximum absolute atomic E-state index is 8.83. The van der Waals surface area contributed by atoms with Crippen molar-refractivity contribution < 1.29 is 0 Å². The second-order valence-electron chi connectivity index (χ2n) is 3.37. The summed E-state index contributed by atoms with van der Waals surface area (Å²) < 4.78 is 1.67. The van der Waals surface area contributed by atoms with Gasteiger partial charge in [0, 0.05) is 18.0 Å². The molecule has 0 aromatic carbocycles. The zero-order valence-corrected chi connectivity index (χ0v) is 8.60. The monoisotopic (exact) mass is 198 g/mol. The van der Waals surface area contributed by atoms with E-state index in [2.05, 4.69) is 16.2 Å². The van der Waals surface area contributed by atoms with Crippen molar-refractivity contribution in [1.82, 2.24) is 14.8 Å². The summed E-state index contributed by atoms with van der Waals surface area (Å²) in [5, 5.41) is 13.1. The average molecular weight is 198 g/mol. The maximum Gasteiger partial charge on any atom is 0.154 e. The Morgan fingerprint density at radius 2 is 2.07 bits per heavy atom. The van der Waals surface area contributed by atoms with Crippen molar-refractivity contribution in [2.45, 2.75) is 13.8 Å². The summed E-state index contributed by atoms with van der Waals surface area (Å²) in [5.41, 5.74) is 2.35. The van der Waals surface area contributed by atoms with E-state index in [-0.39, 0.29) is 0 Å². The largest absolute Gasteiger partial charge is 0.234 e. The quantitative estimate of drug-likeness (QED) is 0.701. The lowest BCUT2D eigenvalue weighted by Gasteiger charge is -2.02. The van der Waals surface area contributed by atoms with Crippen LogP contribution in [0.4, 0.5) is 0 Å². The maximum atomic E-state index is 8.83. The lowest BCUT2D eigenvalue weighted by atomic mass is 10.2. The lowest BCUT2D eigenvalue weighted by molar-refractivity contribution is 0.826. The molecule has 0 unspecified atom stereocenters. The molecule has 2 aromatic heterocycles.